The van der Waals surface area contributed by atoms with Crippen molar-refractivity contribution in [1.29, 1.82) is 0 Å². The van der Waals surface area contributed by atoms with E-state index in [1.54, 1.807) is 12.1 Å². The molecule has 1 aliphatic rings. The van der Waals surface area contributed by atoms with Gasteiger partial charge in [0, 0.05) is 18.7 Å². The summed E-state index contributed by atoms with van der Waals surface area (Å²) in [7, 11) is 0. The molecule has 1 aliphatic heterocycles. The maximum absolute atomic E-state index is 13.1. The van der Waals surface area contributed by atoms with Gasteiger partial charge in [0.05, 0.1) is 6.04 Å². The molecule has 23 heavy (non-hydrogen) atoms. The summed E-state index contributed by atoms with van der Waals surface area (Å²) in [5.74, 6) is 1.32. The number of halogens is 1. The second-order valence-electron chi connectivity index (χ2n) is 5.60. The third-order valence-corrected chi connectivity index (χ3v) is 4.80. The normalized spacial score (nSPS) is 17.7. The van der Waals surface area contributed by atoms with Gasteiger partial charge >= 0.3 is 0 Å². The van der Waals surface area contributed by atoms with Crippen LogP contribution in [0.5, 0.6) is 0 Å². The first-order valence-corrected chi connectivity index (χ1v) is 8.69. The second kappa shape index (κ2) is 7.12. The molecule has 1 aromatic heterocycles. The molecule has 1 aromatic carbocycles. The predicted molar refractivity (Wildman–Crippen MR) is 86.5 cm³/mol. The summed E-state index contributed by atoms with van der Waals surface area (Å²) in [6.07, 6.45) is 2.38. The number of likely N-dealkylation sites (tertiary alicyclic amines) is 1. The Balaban J connectivity index is 1.56. The summed E-state index contributed by atoms with van der Waals surface area (Å²) in [5.41, 5.74) is 1.01. The van der Waals surface area contributed by atoms with Crippen LogP contribution in [0, 0.1) is 12.7 Å². The summed E-state index contributed by atoms with van der Waals surface area (Å²) >= 11 is 1.48. The van der Waals surface area contributed by atoms with Crippen molar-refractivity contribution in [2.45, 2.75) is 37.4 Å². The van der Waals surface area contributed by atoms with Crippen LogP contribution in [-0.4, -0.2) is 38.3 Å². The van der Waals surface area contributed by atoms with Crippen LogP contribution in [0.15, 0.2) is 29.4 Å². The number of aryl methyl sites for hydroxylation is 1. The van der Waals surface area contributed by atoms with Crippen LogP contribution < -0.4 is 0 Å². The van der Waals surface area contributed by atoms with E-state index in [0.29, 0.717) is 17.3 Å². The number of hydrogen-bond acceptors (Lipinski definition) is 4. The predicted octanol–water partition coefficient (Wildman–Crippen LogP) is 3.10. The smallest absolute Gasteiger partial charge is 0.223 e. The highest BCUT2D eigenvalue weighted by molar-refractivity contribution is 7.99. The van der Waals surface area contributed by atoms with E-state index in [1.807, 2.05) is 11.8 Å². The number of hydrogen-bond donors (Lipinski definition) is 1. The van der Waals surface area contributed by atoms with Crippen LogP contribution in [0.1, 0.15) is 36.7 Å². The van der Waals surface area contributed by atoms with Gasteiger partial charge in [0.15, 0.2) is 0 Å². The minimum absolute atomic E-state index is 0.0684. The van der Waals surface area contributed by atoms with Crippen molar-refractivity contribution >= 4 is 17.7 Å². The summed E-state index contributed by atoms with van der Waals surface area (Å²) in [4.78, 5) is 18.6. The molecular formula is C16H19FN4OS. The van der Waals surface area contributed by atoms with Gasteiger partial charge in [-0.1, -0.05) is 23.9 Å². The number of aromatic amines is 1. The van der Waals surface area contributed by atoms with E-state index in [-0.39, 0.29) is 17.8 Å². The fourth-order valence-corrected chi connectivity index (χ4v) is 3.63. The van der Waals surface area contributed by atoms with Crippen LogP contribution >= 0.6 is 11.8 Å². The van der Waals surface area contributed by atoms with E-state index in [9.17, 15) is 9.18 Å². The number of thioether (sulfide) groups is 1. The zero-order valence-corrected chi connectivity index (χ0v) is 13.8. The molecule has 122 valence electrons. The van der Waals surface area contributed by atoms with Gasteiger partial charge in [-0.15, -0.1) is 5.10 Å². The van der Waals surface area contributed by atoms with E-state index < -0.39 is 0 Å². The van der Waals surface area contributed by atoms with E-state index >= 15 is 0 Å². The Morgan fingerprint density at radius 1 is 1.43 bits per heavy atom. The monoisotopic (exact) mass is 334 g/mol. The molecule has 1 atom stereocenters. The maximum atomic E-state index is 13.1. The highest BCUT2D eigenvalue weighted by Gasteiger charge is 2.29. The van der Waals surface area contributed by atoms with Crippen LogP contribution in [-0.2, 0) is 4.79 Å². The SMILES string of the molecule is Cc1nc(SCCC(=O)N2CCC[C@@H]2c2ccc(F)cc2)n[nH]1. The molecule has 5 nitrogen and oxygen atoms in total. The van der Waals surface area contributed by atoms with Crippen LogP contribution in [0.25, 0.3) is 0 Å². The number of H-pyrrole nitrogens is 1. The van der Waals surface area contributed by atoms with Gasteiger partial charge in [0.2, 0.25) is 11.1 Å². The third kappa shape index (κ3) is 3.90. The molecule has 0 bridgehead atoms. The van der Waals surface area contributed by atoms with Gasteiger partial charge in [0.1, 0.15) is 11.6 Å². The Hall–Kier alpha value is -1.89. The molecule has 0 spiro atoms. The number of carbonyl (C=O) groups excluding carboxylic acids is 1. The molecule has 1 amide bonds. The largest absolute Gasteiger partial charge is 0.336 e. The lowest BCUT2D eigenvalue weighted by molar-refractivity contribution is -0.131. The van der Waals surface area contributed by atoms with Gasteiger partial charge in [0.25, 0.3) is 0 Å². The van der Waals surface area contributed by atoms with Crippen molar-refractivity contribution in [3.63, 3.8) is 0 Å². The quantitative estimate of drug-likeness (QED) is 0.854. The lowest BCUT2D eigenvalue weighted by atomic mass is 10.0. The first-order valence-electron chi connectivity index (χ1n) is 7.70. The number of nitrogens with one attached hydrogen (secondary N) is 1. The molecule has 3 rings (SSSR count). The average molecular weight is 334 g/mol. The molecule has 1 saturated heterocycles. The molecule has 2 heterocycles. The molecule has 1 N–H and O–H groups in total. The number of nitrogens with zero attached hydrogens (tertiary/aromatic N) is 3. The summed E-state index contributed by atoms with van der Waals surface area (Å²) < 4.78 is 13.1. The Bertz CT molecular complexity index is 673. The minimum atomic E-state index is -0.247. The highest BCUT2D eigenvalue weighted by Crippen LogP contribution is 2.32. The Kier molecular flexibility index (Phi) is 4.95. The second-order valence-corrected chi connectivity index (χ2v) is 6.66. The first kappa shape index (κ1) is 16.0. The van der Waals surface area contributed by atoms with Crippen molar-refractivity contribution in [2.75, 3.05) is 12.3 Å². The summed E-state index contributed by atoms with van der Waals surface area (Å²) in [5, 5.41) is 7.51. The van der Waals surface area contributed by atoms with Crippen molar-refractivity contribution in [1.82, 2.24) is 20.1 Å². The molecule has 0 unspecified atom stereocenters. The van der Waals surface area contributed by atoms with Gasteiger partial charge in [-0.05, 0) is 37.5 Å². The molecule has 0 radical (unpaired) electrons. The van der Waals surface area contributed by atoms with Gasteiger partial charge < -0.3 is 4.90 Å². The fourth-order valence-electron chi connectivity index (χ4n) is 2.86. The van der Waals surface area contributed by atoms with Gasteiger partial charge in [-0.3, -0.25) is 9.89 Å². The fraction of sp³-hybridized carbons (Fsp3) is 0.438. The zero-order valence-electron chi connectivity index (χ0n) is 13.0. The number of rotatable bonds is 5. The van der Waals surface area contributed by atoms with Crippen molar-refractivity contribution in [3.05, 3.63) is 41.5 Å². The molecule has 1 fully saturated rings. The first-order chi connectivity index (χ1) is 11.1. The third-order valence-electron chi connectivity index (χ3n) is 3.95. The summed E-state index contributed by atoms with van der Waals surface area (Å²) in [6, 6.07) is 6.53. The van der Waals surface area contributed by atoms with Gasteiger partial charge in [-0.25, -0.2) is 9.37 Å². The molecule has 0 saturated carbocycles. The van der Waals surface area contributed by atoms with Crippen LogP contribution in [0.3, 0.4) is 0 Å². The van der Waals surface area contributed by atoms with Crippen molar-refractivity contribution < 1.29 is 9.18 Å². The Morgan fingerprint density at radius 3 is 2.91 bits per heavy atom. The number of benzene rings is 1. The molecule has 2 aromatic rings. The number of amides is 1. The van der Waals surface area contributed by atoms with E-state index in [2.05, 4.69) is 15.2 Å². The topological polar surface area (TPSA) is 61.9 Å². The minimum Gasteiger partial charge on any atom is -0.336 e. The van der Waals surface area contributed by atoms with E-state index in [0.717, 1.165) is 30.8 Å². The zero-order chi connectivity index (χ0) is 16.2. The van der Waals surface area contributed by atoms with E-state index in [1.165, 1.54) is 23.9 Å². The lowest BCUT2D eigenvalue weighted by Crippen LogP contribution is -2.30. The Labute approximate surface area is 138 Å². The van der Waals surface area contributed by atoms with Crippen LogP contribution in [0.4, 0.5) is 4.39 Å². The molecular weight excluding hydrogens is 315 g/mol. The standard InChI is InChI=1S/C16H19FN4OS/c1-11-18-16(20-19-11)23-10-8-15(22)21-9-2-3-14(21)12-4-6-13(17)7-5-12/h4-7,14H,2-3,8-10H2,1H3,(H,18,19,20)/t14-/m1/s1. The lowest BCUT2D eigenvalue weighted by Gasteiger charge is -2.25. The van der Waals surface area contributed by atoms with Crippen LogP contribution in [0.2, 0.25) is 0 Å². The highest BCUT2D eigenvalue weighted by atomic mass is 32.2. The summed E-state index contributed by atoms with van der Waals surface area (Å²) in [6.45, 7) is 2.62. The average Bonchev–Trinajstić information content (AvgIpc) is 3.17. The van der Waals surface area contributed by atoms with Gasteiger partial charge in [-0.2, -0.15) is 0 Å². The van der Waals surface area contributed by atoms with Crippen molar-refractivity contribution in [2.24, 2.45) is 0 Å². The maximum Gasteiger partial charge on any atom is 0.223 e. The van der Waals surface area contributed by atoms with E-state index in [4.69, 9.17) is 0 Å². The molecule has 7 heteroatoms. The Morgan fingerprint density at radius 2 is 2.22 bits per heavy atom. The number of aromatic nitrogens is 3. The molecule has 0 aliphatic carbocycles. The number of carbonyl (C=O) groups is 1. The van der Waals surface area contributed by atoms with Crippen molar-refractivity contribution in [3.8, 4) is 0 Å².